The highest BCUT2D eigenvalue weighted by atomic mass is 16.5. The summed E-state index contributed by atoms with van der Waals surface area (Å²) in [5, 5.41) is 0. The maximum Gasteiger partial charge on any atom is 0.325 e. The number of amides is 1. The van der Waals surface area contributed by atoms with E-state index in [9.17, 15) is 9.59 Å². The number of esters is 1. The molecule has 0 fully saturated rings. The van der Waals surface area contributed by atoms with Gasteiger partial charge in [-0.05, 0) is 0 Å². The van der Waals surface area contributed by atoms with Gasteiger partial charge < -0.3 is 19.9 Å². The van der Waals surface area contributed by atoms with Crippen molar-refractivity contribution in [1.82, 2.24) is 14.5 Å². The van der Waals surface area contributed by atoms with Gasteiger partial charge in [-0.1, -0.05) is 0 Å². The van der Waals surface area contributed by atoms with Crippen molar-refractivity contribution in [1.29, 1.82) is 0 Å². The Hall–Kier alpha value is -1.89. The van der Waals surface area contributed by atoms with Gasteiger partial charge >= 0.3 is 5.97 Å². The van der Waals surface area contributed by atoms with Crippen LogP contribution in [0.5, 0.6) is 0 Å². The van der Waals surface area contributed by atoms with E-state index in [1.54, 1.807) is 10.8 Å². The minimum atomic E-state index is -0.470. The zero-order chi connectivity index (χ0) is 12.8. The number of imidazole rings is 1. The second-order valence-electron chi connectivity index (χ2n) is 3.52. The Morgan fingerprint density at radius 2 is 2.29 bits per heavy atom. The summed E-state index contributed by atoms with van der Waals surface area (Å²) in [6.45, 7) is 0.974. The van der Waals surface area contributed by atoms with E-state index in [-0.39, 0.29) is 18.1 Å². The van der Waals surface area contributed by atoms with Crippen LogP contribution in [0.2, 0.25) is 0 Å². The van der Waals surface area contributed by atoms with Crippen LogP contribution in [0.1, 0.15) is 10.5 Å². The van der Waals surface area contributed by atoms with E-state index >= 15 is 0 Å². The highest BCUT2D eigenvalue weighted by Crippen LogP contribution is 2.01. The fourth-order valence-electron chi connectivity index (χ4n) is 1.27. The maximum absolute atomic E-state index is 11.8. The summed E-state index contributed by atoms with van der Waals surface area (Å²) in [5.74, 6) is -0.798. The second kappa shape index (κ2) is 6.00. The number of methoxy groups -OCH3 is 1. The molecule has 0 aliphatic carbocycles. The average Bonchev–Trinajstić information content (AvgIpc) is 2.76. The van der Waals surface area contributed by atoms with Gasteiger partial charge in [0.1, 0.15) is 12.2 Å². The predicted molar refractivity (Wildman–Crippen MR) is 60.3 cm³/mol. The van der Waals surface area contributed by atoms with Gasteiger partial charge in [0.25, 0.3) is 5.91 Å². The monoisotopic (exact) mass is 240 g/mol. The number of carbonyl (C=O) groups excluding carboxylic acids is 2. The predicted octanol–water partition coefficient (Wildman–Crippen LogP) is -0.913. The summed E-state index contributed by atoms with van der Waals surface area (Å²) in [7, 11) is 2.79. The molecule has 0 saturated carbocycles. The number of likely N-dealkylation sites (N-methyl/N-ethyl adjacent to an activating group) is 1. The van der Waals surface area contributed by atoms with E-state index in [2.05, 4.69) is 9.72 Å². The second-order valence-corrected chi connectivity index (χ2v) is 3.52. The van der Waals surface area contributed by atoms with Gasteiger partial charge in [-0.25, -0.2) is 4.98 Å². The third kappa shape index (κ3) is 3.56. The Morgan fingerprint density at radius 1 is 1.59 bits per heavy atom. The summed E-state index contributed by atoms with van der Waals surface area (Å²) in [6, 6.07) is 0. The van der Waals surface area contributed by atoms with Crippen LogP contribution in [0.15, 0.2) is 12.5 Å². The van der Waals surface area contributed by atoms with E-state index in [0.29, 0.717) is 13.1 Å². The lowest BCUT2D eigenvalue weighted by Gasteiger charge is -2.13. The maximum atomic E-state index is 11.8. The third-order valence-electron chi connectivity index (χ3n) is 2.18. The van der Waals surface area contributed by atoms with Crippen LogP contribution in [-0.4, -0.2) is 53.6 Å². The van der Waals surface area contributed by atoms with Crippen molar-refractivity contribution in [3.63, 3.8) is 0 Å². The van der Waals surface area contributed by atoms with Gasteiger partial charge in [0.05, 0.1) is 13.4 Å². The molecule has 0 aliphatic rings. The Morgan fingerprint density at radius 3 is 2.88 bits per heavy atom. The van der Waals surface area contributed by atoms with E-state index in [4.69, 9.17) is 5.73 Å². The first-order valence-electron chi connectivity index (χ1n) is 5.12. The van der Waals surface area contributed by atoms with E-state index in [1.165, 1.54) is 25.4 Å². The van der Waals surface area contributed by atoms with Gasteiger partial charge in [0.2, 0.25) is 0 Å². The molecular weight excluding hydrogens is 224 g/mol. The van der Waals surface area contributed by atoms with Gasteiger partial charge in [-0.3, -0.25) is 9.59 Å². The van der Waals surface area contributed by atoms with Crippen molar-refractivity contribution in [3.8, 4) is 0 Å². The standard InChI is InChI=1S/C10H16N4O3/c1-13(6-9(15)17-2)10(16)8-5-14(4-3-11)7-12-8/h5,7H,3-4,6,11H2,1-2H3. The highest BCUT2D eigenvalue weighted by molar-refractivity contribution is 5.93. The van der Waals surface area contributed by atoms with E-state index in [0.717, 1.165) is 0 Å². The van der Waals surface area contributed by atoms with Crippen LogP contribution in [-0.2, 0) is 16.1 Å². The molecule has 7 heteroatoms. The van der Waals surface area contributed by atoms with Gasteiger partial charge in [0, 0.05) is 26.3 Å². The summed E-state index contributed by atoms with van der Waals surface area (Å²) in [5.41, 5.74) is 5.67. The molecule has 0 unspecified atom stereocenters. The van der Waals surface area contributed by atoms with Crippen molar-refractivity contribution >= 4 is 11.9 Å². The number of carbonyl (C=O) groups is 2. The molecular formula is C10H16N4O3. The Balaban J connectivity index is 2.64. The van der Waals surface area contributed by atoms with Crippen LogP contribution < -0.4 is 5.73 Å². The van der Waals surface area contributed by atoms with Gasteiger partial charge in [-0.2, -0.15) is 0 Å². The van der Waals surface area contributed by atoms with Gasteiger partial charge in [0.15, 0.2) is 0 Å². The molecule has 0 bridgehead atoms. The first kappa shape index (κ1) is 13.2. The lowest BCUT2D eigenvalue weighted by Crippen LogP contribution is -2.32. The highest BCUT2D eigenvalue weighted by Gasteiger charge is 2.17. The van der Waals surface area contributed by atoms with Crippen molar-refractivity contribution in [2.75, 3.05) is 27.2 Å². The first-order valence-corrected chi connectivity index (χ1v) is 5.12. The smallest absolute Gasteiger partial charge is 0.325 e. The molecule has 0 aliphatic heterocycles. The van der Waals surface area contributed by atoms with Gasteiger partial charge in [-0.15, -0.1) is 0 Å². The molecule has 17 heavy (non-hydrogen) atoms. The van der Waals surface area contributed by atoms with Crippen molar-refractivity contribution in [2.45, 2.75) is 6.54 Å². The summed E-state index contributed by atoms with van der Waals surface area (Å²) in [4.78, 5) is 28.0. The number of hydrogen-bond acceptors (Lipinski definition) is 5. The minimum absolute atomic E-state index is 0.0981. The number of nitrogens with zero attached hydrogens (tertiary/aromatic N) is 3. The molecule has 1 heterocycles. The number of nitrogens with two attached hydrogens (primary N) is 1. The van der Waals surface area contributed by atoms with Crippen LogP contribution >= 0.6 is 0 Å². The number of ether oxygens (including phenoxy) is 1. The molecule has 1 rings (SSSR count). The number of hydrogen-bond donors (Lipinski definition) is 1. The van der Waals surface area contributed by atoms with Crippen LogP contribution in [0.3, 0.4) is 0 Å². The molecule has 1 aromatic rings. The lowest BCUT2D eigenvalue weighted by molar-refractivity contribution is -0.141. The molecule has 7 nitrogen and oxygen atoms in total. The third-order valence-corrected chi connectivity index (χ3v) is 2.18. The molecule has 1 amide bonds. The average molecular weight is 240 g/mol. The Bertz CT molecular complexity index is 402. The molecule has 0 atom stereocenters. The van der Waals surface area contributed by atoms with Crippen LogP contribution in [0.25, 0.3) is 0 Å². The molecule has 0 radical (unpaired) electrons. The number of aromatic nitrogens is 2. The summed E-state index contributed by atoms with van der Waals surface area (Å²) >= 11 is 0. The normalized spacial score (nSPS) is 10.1. The molecule has 2 N–H and O–H groups in total. The topological polar surface area (TPSA) is 90.5 Å². The number of rotatable bonds is 5. The Labute approximate surface area is 99.2 Å². The quantitative estimate of drug-likeness (QED) is 0.673. The summed E-state index contributed by atoms with van der Waals surface area (Å²) in [6.07, 6.45) is 3.13. The summed E-state index contributed by atoms with van der Waals surface area (Å²) < 4.78 is 6.20. The minimum Gasteiger partial charge on any atom is -0.468 e. The lowest BCUT2D eigenvalue weighted by atomic mass is 10.4. The SMILES string of the molecule is COC(=O)CN(C)C(=O)c1cn(CCN)cn1. The molecule has 0 aromatic carbocycles. The van der Waals surface area contributed by atoms with Crippen LogP contribution in [0.4, 0.5) is 0 Å². The fraction of sp³-hybridized carbons (Fsp3) is 0.500. The molecule has 0 saturated heterocycles. The van der Waals surface area contributed by atoms with Crippen molar-refractivity contribution in [2.24, 2.45) is 5.73 Å². The fourth-order valence-corrected chi connectivity index (χ4v) is 1.27. The molecule has 1 aromatic heterocycles. The van der Waals surface area contributed by atoms with Crippen molar-refractivity contribution < 1.29 is 14.3 Å². The molecule has 94 valence electrons. The van der Waals surface area contributed by atoms with E-state index in [1.807, 2.05) is 0 Å². The first-order chi connectivity index (χ1) is 8.08. The van der Waals surface area contributed by atoms with Crippen molar-refractivity contribution in [3.05, 3.63) is 18.2 Å². The molecule has 0 spiro atoms. The largest absolute Gasteiger partial charge is 0.468 e. The zero-order valence-corrected chi connectivity index (χ0v) is 9.92. The van der Waals surface area contributed by atoms with E-state index < -0.39 is 5.97 Å². The Kier molecular flexibility index (Phi) is 4.65. The zero-order valence-electron chi connectivity index (χ0n) is 9.92. The van der Waals surface area contributed by atoms with Crippen LogP contribution in [0, 0.1) is 0 Å².